The number of allylic oxidation sites excluding steroid dienone is 1. The largest absolute Gasteiger partial charge is 0.351 e. The monoisotopic (exact) mass is 356 g/mol. The average molecular weight is 356 g/mol. The Morgan fingerprint density at radius 3 is 3.00 bits per heavy atom. The zero-order chi connectivity index (χ0) is 17.6. The van der Waals surface area contributed by atoms with Gasteiger partial charge in [0.1, 0.15) is 0 Å². The van der Waals surface area contributed by atoms with E-state index < -0.39 is 0 Å². The summed E-state index contributed by atoms with van der Waals surface area (Å²) in [6.45, 7) is 4.06. The second-order valence-corrected chi connectivity index (χ2v) is 7.43. The average Bonchev–Trinajstić information content (AvgIpc) is 3.20. The standard InChI is InChI=1S/C18H20N4O2S/c1-11-16(25-18-19-7-8-22(11)18)17(24)20-10-12-9-15(23)21(2)14-6-4-3-5-13(12)14/h3-6,12H,7-10H2,1-2H3,(H,20,24). The molecule has 4 rings (SSSR count). The smallest absolute Gasteiger partial charge is 0.259 e. The fourth-order valence-electron chi connectivity index (χ4n) is 3.53. The van der Waals surface area contributed by atoms with Crippen LogP contribution in [0.1, 0.15) is 24.8 Å². The molecule has 0 spiro atoms. The number of fused-ring (bicyclic) bond motifs is 2. The number of carbonyl (C=O) groups excluding carboxylic acids is 2. The lowest BCUT2D eigenvalue weighted by atomic mass is 9.89. The number of amides is 2. The summed E-state index contributed by atoms with van der Waals surface area (Å²) in [6, 6.07) is 7.90. The van der Waals surface area contributed by atoms with Crippen molar-refractivity contribution < 1.29 is 9.59 Å². The van der Waals surface area contributed by atoms with E-state index in [0.29, 0.717) is 17.9 Å². The molecule has 7 heteroatoms. The van der Waals surface area contributed by atoms with Crippen molar-refractivity contribution in [3.05, 3.63) is 40.4 Å². The van der Waals surface area contributed by atoms with E-state index in [-0.39, 0.29) is 17.7 Å². The number of amidine groups is 1. The zero-order valence-corrected chi connectivity index (χ0v) is 15.1. The predicted octanol–water partition coefficient (Wildman–Crippen LogP) is 1.90. The molecule has 1 atom stereocenters. The summed E-state index contributed by atoms with van der Waals surface area (Å²) in [7, 11) is 1.80. The second-order valence-electron chi connectivity index (χ2n) is 6.46. The van der Waals surface area contributed by atoms with Gasteiger partial charge in [0.25, 0.3) is 5.91 Å². The van der Waals surface area contributed by atoms with Gasteiger partial charge in [-0.25, -0.2) is 0 Å². The Bertz CT molecular complexity index is 817. The molecule has 0 fully saturated rings. The number of aliphatic imine (C=N–C) groups is 1. The van der Waals surface area contributed by atoms with Crippen LogP contribution in [-0.2, 0) is 9.59 Å². The molecule has 1 N–H and O–H groups in total. The van der Waals surface area contributed by atoms with Crippen LogP contribution in [0.5, 0.6) is 0 Å². The van der Waals surface area contributed by atoms with Crippen LogP contribution in [0.3, 0.4) is 0 Å². The third kappa shape index (κ3) is 2.72. The molecule has 0 aromatic heterocycles. The number of rotatable bonds is 3. The van der Waals surface area contributed by atoms with E-state index in [1.165, 1.54) is 11.8 Å². The van der Waals surface area contributed by atoms with Crippen molar-refractivity contribution in [1.82, 2.24) is 10.2 Å². The summed E-state index contributed by atoms with van der Waals surface area (Å²) in [5, 5.41) is 3.94. The maximum atomic E-state index is 12.6. The normalized spacial score (nSPS) is 22.1. The van der Waals surface area contributed by atoms with Crippen LogP contribution in [0.25, 0.3) is 0 Å². The van der Waals surface area contributed by atoms with Crippen molar-refractivity contribution in [3.8, 4) is 0 Å². The molecule has 0 saturated heterocycles. The van der Waals surface area contributed by atoms with Crippen LogP contribution in [-0.4, -0.2) is 48.6 Å². The fraction of sp³-hybridized carbons (Fsp3) is 0.389. The summed E-state index contributed by atoms with van der Waals surface area (Å²) in [4.78, 5) is 33.8. The van der Waals surface area contributed by atoms with E-state index in [0.717, 1.165) is 35.2 Å². The number of nitrogens with one attached hydrogen (secondary N) is 1. The summed E-state index contributed by atoms with van der Waals surface area (Å²) >= 11 is 1.44. The Morgan fingerprint density at radius 2 is 2.20 bits per heavy atom. The molecule has 3 aliphatic heterocycles. The van der Waals surface area contributed by atoms with Crippen LogP contribution >= 0.6 is 11.8 Å². The van der Waals surface area contributed by atoms with Crippen molar-refractivity contribution in [3.63, 3.8) is 0 Å². The van der Waals surface area contributed by atoms with Crippen LogP contribution in [0.2, 0.25) is 0 Å². The number of nitrogens with zero attached hydrogens (tertiary/aromatic N) is 3. The van der Waals surface area contributed by atoms with Crippen molar-refractivity contribution in [2.45, 2.75) is 19.3 Å². The molecule has 0 radical (unpaired) electrons. The van der Waals surface area contributed by atoms with E-state index in [1.54, 1.807) is 11.9 Å². The van der Waals surface area contributed by atoms with Crippen molar-refractivity contribution in [2.24, 2.45) is 4.99 Å². The highest BCUT2D eigenvalue weighted by atomic mass is 32.2. The molecule has 0 bridgehead atoms. The number of thioether (sulfide) groups is 1. The number of carbonyl (C=O) groups is 2. The van der Waals surface area contributed by atoms with E-state index in [2.05, 4.69) is 15.2 Å². The van der Waals surface area contributed by atoms with E-state index in [1.807, 2.05) is 31.2 Å². The fourth-order valence-corrected chi connectivity index (χ4v) is 4.63. The summed E-state index contributed by atoms with van der Waals surface area (Å²) in [5.74, 6) is 0.00958. The molecular weight excluding hydrogens is 336 g/mol. The minimum absolute atomic E-state index is 0.00769. The van der Waals surface area contributed by atoms with Gasteiger partial charge >= 0.3 is 0 Å². The number of hydrogen-bond acceptors (Lipinski definition) is 5. The first kappa shape index (κ1) is 16.2. The topological polar surface area (TPSA) is 65.0 Å². The molecule has 2 amide bonds. The number of benzene rings is 1. The lowest BCUT2D eigenvalue weighted by Gasteiger charge is -2.31. The molecule has 6 nitrogen and oxygen atoms in total. The Hall–Kier alpha value is -2.28. The highest BCUT2D eigenvalue weighted by Gasteiger charge is 2.34. The molecule has 0 saturated carbocycles. The van der Waals surface area contributed by atoms with Crippen LogP contribution in [0.4, 0.5) is 5.69 Å². The van der Waals surface area contributed by atoms with Gasteiger partial charge in [0.2, 0.25) is 5.91 Å². The number of hydrogen-bond donors (Lipinski definition) is 1. The molecule has 0 aliphatic carbocycles. The molecule has 1 unspecified atom stereocenters. The minimum atomic E-state index is -0.0801. The van der Waals surface area contributed by atoms with Gasteiger partial charge in [-0.2, -0.15) is 0 Å². The lowest BCUT2D eigenvalue weighted by molar-refractivity contribution is -0.120. The van der Waals surface area contributed by atoms with Crippen molar-refractivity contribution in [2.75, 3.05) is 31.6 Å². The van der Waals surface area contributed by atoms with Gasteiger partial charge in [-0.15, -0.1) is 0 Å². The maximum Gasteiger partial charge on any atom is 0.259 e. The quantitative estimate of drug-likeness (QED) is 0.898. The van der Waals surface area contributed by atoms with Gasteiger partial charge in [0, 0.05) is 43.9 Å². The van der Waals surface area contributed by atoms with Gasteiger partial charge in [-0.1, -0.05) is 18.2 Å². The first-order chi connectivity index (χ1) is 12.1. The highest BCUT2D eigenvalue weighted by Crippen LogP contribution is 2.37. The summed E-state index contributed by atoms with van der Waals surface area (Å²) in [5.41, 5.74) is 3.01. The second kappa shape index (κ2) is 6.22. The minimum Gasteiger partial charge on any atom is -0.351 e. The van der Waals surface area contributed by atoms with Gasteiger partial charge in [0.05, 0.1) is 11.4 Å². The molecular formula is C18H20N4O2S. The summed E-state index contributed by atoms with van der Waals surface area (Å²) in [6.07, 6.45) is 0.414. The predicted molar refractivity (Wildman–Crippen MR) is 99.5 cm³/mol. The van der Waals surface area contributed by atoms with Crippen LogP contribution in [0, 0.1) is 0 Å². The van der Waals surface area contributed by atoms with Crippen molar-refractivity contribution >= 4 is 34.4 Å². The first-order valence-electron chi connectivity index (χ1n) is 8.40. The Balaban J connectivity index is 1.48. The van der Waals surface area contributed by atoms with Crippen LogP contribution < -0.4 is 10.2 Å². The van der Waals surface area contributed by atoms with E-state index in [4.69, 9.17) is 0 Å². The van der Waals surface area contributed by atoms with Gasteiger partial charge < -0.3 is 15.1 Å². The molecule has 3 aliphatic rings. The Kier molecular flexibility index (Phi) is 4.03. The number of para-hydroxylation sites is 1. The third-order valence-electron chi connectivity index (χ3n) is 4.98. The van der Waals surface area contributed by atoms with Crippen LogP contribution in [0.15, 0.2) is 39.9 Å². The molecule has 1 aromatic rings. The van der Waals surface area contributed by atoms with E-state index in [9.17, 15) is 9.59 Å². The van der Waals surface area contributed by atoms with Crippen molar-refractivity contribution in [1.29, 1.82) is 0 Å². The zero-order valence-electron chi connectivity index (χ0n) is 14.3. The molecule has 1 aromatic carbocycles. The van der Waals surface area contributed by atoms with Gasteiger partial charge in [0.15, 0.2) is 5.17 Å². The SMILES string of the molecule is CC1=C(C(=O)NCC2CC(=O)N(C)c3ccccc32)SC2=NCCN21. The first-order valence-corrected chi connectivity index (χ1v) is 9.22. The van der Waals surface area contributed by atoms with Gasteiger partial charge in [-0.05, 0) is 30.3 Å². The Morgan fingerprint density at radius 1 is 1.40 bits per heavy atom. The summed E-state index contributed by atoms with van der Waals surface area (Å²) < 4.78 is 0. The number of anilines is 1. The van der Waals surface area contributed by atoms with E-state index >= 15 is 0 Å². The lowest BCUT2D eigenvalue weighted by Crippen LogP contribution is -2.38. The molecule has 3 heterocycles. The highest BCUT2D eigenvalue weighted by molar-refractivity contribution is 8.18. The third-order valence-corrected chi connectivity index (χ3v) is 6.19. The van der Waals surface area contributed by atoms with Gasteiger partial charge in [-0.3, -0.25) is 14.6 Å². The Labute approximate surface area is 151 Å². The maximum absolute atomic E-state index is 12.6. The molecule has 130 valence electrons. The molecule has 25 heavy (non-hydrogen) atoms.